The van der Waals surface area contributed by atoms with Crippen LogP contribution in [-0.2, 0) is 9.53 Å². The van der Waals surface area contributed by atoms with E-state index in [9.17, 15) is 14.4 Å². The first-order chi connectivity index (χ1) is 18.9. The predicted octanol–water partition coefficient (Wildman–Crippen LogP) is 4.25. The molecule has 11 heteroatoms. The number of benzene rings is 2. The number of halogens is 1. The topological polar surface area (TPSA) is 117 Å². The monoisotopic (exact) mass is 552 g/mol. The molecule has 1 aliphatic heterocycles. The van der Waals surface area contributed by atoms with Gasteiger partial charge >= 0.3 is 6.03 Å². The summed E-state index contributed by atoms with van der Waals surface area (Å²) in [4.78, 5) is 47.8. The summed E-state index contributed by atoms with van der Waals surface area (Å²) >= 11 is 5.97. The summed E-state index contributed by atoms with van der Waals surface area (Å²) in [5.41, 5.74) is 3.01. The molecule has 1 saturated heterocycles. The number of hydrogen-bond acceptors (Lipinski definition) is 7. The molecule has 1 fully saturated rings. The van der Waals surface area contributed by atoms with Gasteiger partial charge in [0.1, 0.15) is 6.29 Å². The molecule has 0 unspecified atom stereocenters. The number of ether oxygens (including phenoxy) is 1. The molecule has 39 heavy (non-hydrogen) atoms. The number of nitrogens with one attached hydrogen (secondary N) is 2. The Morgan fingerprint density at radius 2 is 1.67 bits per heavy atom. The third kappa shape index (κ3) is 9.05. The Morgan fingerprint density at radius 1 is 1.00 bits per heavy atom. The van der Waals surface area contributed by atoms with E-state index >= 15 is 0 Å². The molecule has 0 radical (unpaired) electrons. The van der Waals surface area contributed by atoms with Gasteiger partial charge in [0.05, 0.1) is 12.2 Å². The molecule has 0 saturated carbocycles. The van der Waals surface area contributed by atoms with Crippen LogP contribution in [0.25, 0.3) is 11.3 Å². The second kappa shape index (κ2) is 15.4. The van der Waals surface area contributed by atoms with Crippen molar-refractivity contribution in [3.63, 3.8) is 0 Å². The molecule has 2 heterocycles. The van der Waals surface area contributed by atoms with Gasteiger partial charge in [-0.2, -0.15) is 0 Å². The van der Waals surface area contributed by atoms with E-state index < -0.39 is 0 Å². The predicted molar refractivity (Wildman–Crippen MR) is 151 cm³/mol. The summed E-state index contributed by atoms with van der Waals surface area (Å²) in [7, 11) is 1.68. The summed E-state index contributed by atoms with van der Waals surface area (Å²) in [5, 5.41) is 6.37. The summed E-state index contributed by atoms with van der Waals surface area (Å²) in [6.07, 6.45) is 2.99. The van der Waals surface area contributed by atoms with Gasteiger partial charge in [0.25, 0.3) is 5.91 Å². The molecule has 10 nitrogen and oxygen atoms in total. The normalized spacial score (nSPS) is 13.0. The Morgan fingerprint density at radius 3 is 2.33 bits per heavy atom. The minimum Gasteiger partial charge on any atom is -0.385 e. The number of methoxy groups -OCH3 is 1. The Hall–Kier alpha value is -4.02. The van der Waals surface area contributed by atoms with Crippen molar-refractivity contribution >= 4 is 41.5 Å². The van der Waals surface area contributed by atoms with Crippen molar-refractivity contribution in [1.82, 2.24) is 25.1 Å². The first kappa shape index (κ1) is 29.5. The van der Waals surface area contributed by atoms with Crippen LogP contribution in [0, 0.1) is 0 Å². The summed E-state index contributed by atoms with van der Waals surface area (Å²) in [5.74, 6) is 0.352. The van der Waals surface area contributed by atoms with Gasteiger partial charge in [-0.3, -0.25) is 4.79 Å². The van der Waals surface area contributed by atoms with Gasteiger partial charge in [-0.05, 0) is 55.8 Å². The fourth-order valence-electron chi connectivity index (χ4n) is 3.77. The molecule has 206 valence electrons. The van der Waals surface area contributed by atoms with E-state index in [1.165, 1.54) is 0 Å². The molecule has 4 rings (SSSR count). The van der Waals surface area contributed by atoms with E-state index in [0.717, 1.165) is 23.6 Å². The smallest absolute Gasteiger partial charge is 0.317 e. The average Bonchev–Trinajstić information content (AvgIpc) is 3.23. The molecule has 3 aromatic rings. The number of amides is 3. The van der Waals surface area contributed by atoms with Crippen molar-refractivity contribution in [3.8, 4) is 11.3 Å². The zero-order chi connectivity index (χ0) is 28.0. The van der Waals surface area contributed by atoms with Gasteiger partial charge in [-0.1, -0.05) is 23.7 Å². The van der Waals surface area contributed by atoms with Crippen LogP contribution in [0.3, 0.4) is 0 Å². The van der Waals surface area contributed by atoms with Gasteiger partial charge in [0.2, 0.25) is 5.95 Å². The standard InChI is InChI=1S/C25H25ClN6O3.C3H8O/c26-20-6-2-18(3-7-20)22-10-11-27-24(30-22)29-21-8-4-19(5-9-21)23(34)31-13-1-14-32(16-15-31)25(35)28-12-17-33;1-3-4-2/h2-11,17H,1,12-16H2,(H,28,35)(H,27,29,30);3H2,1-2H3. The lowest BCUT2D eigenvalue weighted by molar-refractivity contribution is -0.107. The molecule has 0 aliphatic carbocycles. The number of hydrogen-bond donors (Lipinski definition) is 2. The van der Waals surface area contributed by atoms with Crippen molar-refractivity contribution in [1.29, 1.82) is 0 Å². The number of anilines is 2. The SMILES string of the molecule is CCOC.O=CCNC(=O)N1CCCN(C(=O)c2ccc(Nc3nccc(-c4ccc(Cl)cc4)n3)cc2)CC1. The minimum absolute atomic E-state index is 0.0190. The zero-order valence-electron chi connectivity index (χ0n) is 22.1. The fraction of sp³-hybridized carbons (Fsp3) is 0.321. The highest BCUT2D eigenvalue weighted by molar-refractivity contribution is 6.30. The van der Waals surface area contributed by atoms with Crippen LogP contribution in [0.2, 0.25) is 5.02 Å². The fourth-order valence-corrected chi connectivity index (χ4v) is 3.90. The highest BCUT2D eigenvalue weighted by Crippen LogP contribution is 2.22. The summed E-state index contributed by atoms with van der Waals surface area (Å²) < 4.78 is 4.54. The third-order valence-electron chi connectivity index (χ3n) is 5.88. The molecule has 1 aliphatic rings. The van der Waals surface area contributed by atoms with E-state index in [0.29, 0.717) is 55.4 Å². The largest absolute Gasteiger partial charge is 0.385 e. The zero-order valence-corrected chi connectivity index (χ0v) is 22.9. The van der Waals surface area contributed by atoms with Crippen LogP contribution in [0.15, 0.2) is 60.8 Å². The number of carbonyl (C=O) groups is 3. The molecule has 3 amide bonds. The van der Waals surface area contributed by atoms with E-state index in [4.69, 9.17) is 11.6 Å². The lowest BCUT2D eigenvalue weighted by Gasteiger charge is -2.22. The van der Waals surface area contributed by atoms with Crippen LogP contribution in [0.4, 0.5) is 16.4 Å². The minimum atomic E-state index is -0.288. The molecule has 1 aromatic heterocycles. The van der Waals surface area contributed by atoms with E-state index in [1.54, 1.807) is 35.2 Å². The van der Waals surface area contributed by atoms with Crippen LogP contribution in [-0.4, -0.2) is 84.4 Å². The van der Waals surface area contributed by atoms with Crippen LogP contribution >= 0.6 is 11.6 Å². The Kier molecular flexibility index (Phi) is 11.7. The molecule has 0 atom stereocenters. The van der Waals surface area contributed by atoms with Gasteiger partial charge in [0.15, 0.2) is 0 Å². The summed E-state index contributed by atoms with van der Waals surface area (Å²) in [6, 6.07) is 16.1. The first-order valence-electron chi connectivity index (χ1n) is 12.7. The number of nitrogens with zero attached hydrogens (tertiary/aromatic N) is 4. The van der Waals surface area contributed by atoms with Crippen molar-refractivity contribution in [2.45, 2.75) is 13.3 Å². The number of aldehydes is 1. The lowest BCUT2D eigenvalue weighted by Crippen LogP contribution is -2.43. The maximum atomic E-state index is 13.0. The van der Waals surface area contributed by atoms with Crippen LogP contribution < -0.4 is 10.6 Å². The second-order valence-corrected chi connectivity index (χ2v) is 8.97. The number of carbonyl (C=O) groups excluding carboxylic acids is 3. The van der Waals surface area contributed by atoms with Gasteiger partial charge < -0.3 is 30.0 Å². The highest BCUT2D eigenvalue weighted by atomic mass is 35.5. The summed E-state index contributed by atoms with van der Waals surface area (Å²) in [6.45, 7) is 4.69. The Labute approximate surface area is 233 Å². The number of urea groups is 1. The van der Waals surface area contributed by atoms with Crippen LogP contribution in [0.5, 0.6) is 0 Å². The van der Waals surface area contributed by atoms with Gasteiger partial charge in [0, 0.05) is 67.9 Å². The quantitative estimate of drug-likeness (QED) is 0.421. The molecular formula is C28H33ClN6O4. The van der Waals surface area contributed by atoms with Crippen LogP contribution in [0.1, 0.15) is 23.7 Å². The number of aromatic nitrogens is 2. The van der Waals surface area contributed by atoms with E-state index in [1.807, 2.05) is 49.4 Å². The third-order valence-corrected chi connectivity index (χ3v) is 6.13. The number of rotatable bonds is 7. The average molecular weight is 553 g/mol. The Bertz CT molecular complexity index is 1220. The molecular weight excluding hydrogens is 520 g/mol. The molecule has 2 N–H and O–H groups in total. The second-order valence-electron chi connectivity index (χ2n) is 8.54. The van der Waals surface area contributed by atoms with Crippen molar-refractivity contribution in [2.24, 2.45) is 0 Å². The first-order valence-corrected chi connectivity index (χ1v) is 13.0. The van der Waals surface area contributed by atoms with Crippen molar-refractivity contribution < 1.29 is 19.1 Å². The van der Waals surface area contributed by atoms with Crippen molar-refractivity contribution in [2.75, 3.05) is 51.8 Å². The molecule has 2 aromatic carbocycles. The molecule has 0 bridgehead atoms. The lowest BCUT2D eigenvalue weighted by atomic mass is 10.1. The van der Waals surface area contributed by atoms with E-state index in [2.05, 4.69) is 25.3 Å². The van der Waals surface area contributed by atoms with Gasteiger partial charge in [-0.15, -0.1) is 0 Å². The maximum absolute atomic E-state index is 13.0. The molecule has 0 spiro atoms. The van der Waals surface area contributed by atoms with E-state index in [-0.39, 0.29) is 18.5 Å². The highest BCUT2D eigenvalue weighted by Gasteiger charge is 2.22. The Balaban J connectivity index is 0.000000983. The van der Waals surface area contributed by atoms with Crippen molar-refractivity contribution in [3.05, 3.63) is 71.4 Å². The maximum Gasteiger partial charge on any atom is 0.317 e. The van der Waals surface area contributed by atoms with Gasteiger partial charge in [-0.25, -0.2) is 14.8 Å².